The van der Waals surface area contributed by atoms with Crippen molar-refractivity contribution in [1.82, 2.24) is 0 Å². The van der Waals surface area contributed by atoms with Crippen LogP contribution in [0.5, 0.6) is 0 Å². The van der Waals surface area contributed by atoms with Gasteiger partial charge < -0.3 is 4.74 Å². The number of nitrogens with zero attached hydrogens (tertiary/aromatic N) is 1. The number of rotatable bonds is 1. The van der Waals surface area contributed by atoms with E-state index < -0.39 is 0 Å². The standard InChI is InChI=1S/C6H7NO/c1-2-6-7-4-3-5-8-6/h2-3,5H,1,4H2. The summed E-state index contributed by atoms with van der Waals surface area (Å²) in [5.74, 6) is 0.604. The summed E-state index contributed by atoms with van der Waals surface area (Å²) < 4.78 is 4.88. The lowest BCUT2D eigenvalue weighted by Crippen LogP contribution is -1.99. The Kier molecular flexibility index (Phi) is 1.47. The van der Waals surface area contributed by atoms with Gasteiger partial charge in [0.2, 0.25) is 5.90 Å². The number of hydrogen-bond donors (Lipinski definition) is 0. The number of hydrogen-bond acceptors (Lipinski definition) is 2. The van der Waals surface area contributed by atoms with Crippen LogP contribution < -0.4 is 0 Å². The van der Waals surface area contributed by atoms with Gasteiger partial charge in [-0.1, -0.05) is 6.58 Å². The Balaban J connectivity index is 2.55. The lowest BCUT2D eigenvalue weighted by Gasteiger charge is -2.01. The van der Waals surface area contributed by atoms with Gasteiger partial charge in [0.05, 0.1) is 12.8 Å². The quantitative estimate of drug-likeness (QED) is 0.494. The first-order valence-electron chi connectivity index (χ1n) is 2.42. The van der Waals surface area contributed by atoms with Gasteiger partial charge in [-0.3, -0.25) is 0 Å². The maximum Gasteiger partial charge on any atom is 0.213 e. The lowest BCUT2D eigenvalue weighted by atomic mass is 10.5. The topological polar surface area (TPSA) is 21.6 Å². The zero-order valence-electron chi connectivity index (χ0n) is 4.50. The second kappa shape index (κ2) is 2.31. The van der Waals surface area contributed by atoms with E-state index in [0.717, 1.165) is 0 Å². The molecule has 0 spiro atoms. The van der Waals surface area contributed by atoms with Crippen molar-refractivity contribution in [2.45, 2.75) is 0 Å². The highest BCUT2D eigenvalue weighted by atomic mass is 16.5. The molecular weight excluding hydrogens is 102 g/mol. The third kappa shape index (κ3) is 0.964. The average Bonchev–Trinajstić information content (AvgIpc) is 1.90. The predicted octanol–water partition coefficient (Wildman–Crippen LogP) is 1.11. The fraction of sp³-hybridized carbons (Fsp3) is 0.167. The van der Waals surface area contributed by atoms with Crippen molar-refractivity contribution in [2.75, 3.05) is 6.54 Å². The molecule has 0 unspecified atom stereocenters. The summed E-state index contributed by atoms with van der Waals surface area (Å²) in [6.45, 7) is 4.20. The van der Waals surface area contributed by atoms with Crippen molar-refractivity contribution in [2.24, 2.45) is 4.99 Å². The molecule has 1 aliphatic rings. The lowest BCUT2D eigenvalue weighted by molar-refractivity contribution is 0.464. The molecule has 1 aliphatic heterocycles. The summed E-state index contributed by atoms with van der Waals surface area (Å²) in [6, 6.07) is 0. The van der Waals surface area contributed by atoms with E-state index in [9.17, 15) is 0 Å². The largest absolute Gasteiger partial charge is 0.447 e. The highest BCUT2D eigenvalue weighted by Crippen LogP contribution is 1.92. The summed E-state index contributed by atoms with van der Waals surface area (Å²) in [6.07, 6.45) is 5.04. The van der Waals surface area contributed by atoms with Crippen LogP contribution in [0, 0.1) is 0 Å². The predicted molar refractivity (Wildman–Crippen MR) is 32.7 cm³/mol. The molecule has 0 aromatic carbocycles. The molecule has 1 heterocycles. The minimum absolute atomic E-state index is 0.604. The third-order valence-corrected chi connectivity index (χ3v) is 0.812. The summed E-state index contributed by atoms with van der Waals surface area (Å²) in [5, 5.41) is 0. The zero-order chi connectivity index (χ0) is 5.82. The molecule has 0 aliphatic carbocycles. The van der Waals surface area contributed by atoms with Crippen molar-refractivity contribution in [3.63, 3.8) is 0 Å². The van der Waals surface area contributed by atoms with Gasteiger partial charge in [0, 0.05) is 0 Å². The van der Waals surface area contributed by atoms with Crippen LogP contribution in [-0.2, 0) is 4.74 Å². The van der Waals surface area contributed by atoms with Gasteiger partial charge >= 0.3 is 0 Å². The van der Waals surface area contributed by atoms with Crippen molar-refractivity contribution < 1.29 is 4.74 Å². The molecule has 0 atom stereocenters. The van der Waals surface area contributed by atoms with Gasteiger partial charge in [-0.15, -0.1) is 0 Å². The number of ether oxygens (including phenoxy) is 1. The molecular formula is C6H7NO. The fourth-order valence-electron chi connectivity index (χ4n) is 0.453. The Morgan fingerprint density at radius 3 is 3.12 bits per heavy atom. The Labute approximate surface area is 48.2 Å². The first-order valence-corrected chi connectivity index (χ1v) is 2.42. The van der Waals surface area contributed by atoms with Gasteiger partial charge in [0.1, 0.15) is 0 Å². The molecule has 0 aromatic rings. The van der Waals surface area contributed by atoms with Crippen LogP contribution in [0.2, 0.25) is 0 Å². The van der Waals surface area contributed by atoms with Gasteiger partial charge in [0.25, 0.3) is 0 Å². The maximum atomic E-state index is 4.88. The molecule has 2 nitrogen and oxygen atoms in total. The van der Waals surface area contributed by atoms with Crippen LogP contribution in [0.25, 0.3) is 0 Å². The Hall–Kier alpha value is -1.05. The van der Waals surface area contributed by atoms with Gasteiger partial charge in [0.15, 0.2) is 0 Å². The second-order valence-corrected chi connectivity index (χ2v) is 1.37. The molecule has 0 radical (unpaired) electrons. The van der Waals surface area contributed by atoms with Crippen molar-refractivity contribution in [1.29, 1.82) is 0 Å². The first kappa shape index (κ1) is 5.09. The molecule has 2 heteroatoms. The molecule has 0 amide bonds. The van der Waals surface area contributed by atoms with Crippen molar-refractivity contribution in [3.05, 3.63) is 25.0 Å². The maximum absolute atomic E-state index is 4.88. The van der Waals surface area contributed by atoms with E-state index in [4.69, 9.17) is 4.74 Å². The van der Waals surface area contributed by atoms with E-state index in [-0.39, 0.29) is 0 Å². The highest BCUT2D eigenvalue weighted by Gasteiger charge is 1.92. The minimum atomic E-state index is 0.604. The van der Waals surface area contributed by atoms with E-state index in [1.807, 2.05) is 6.08 Å². The van der Waals surface area contributed by atoms with Gasteiger partial charge in [-0.25, -0.2) is 4.99 Å². The van der Waals surface area contributed by atoms with E-state index in [1.165, 1.54) is 0 Å². The molecule has 0 N–H and O–H groups in total. The molecule has 42 valence electrons. The smallest absolute Gasteiger partial charge is 0.213 e. The van der Waals surface area contributed by atoms with Crippen LogP contribution in [0.1, 0.15) is 0 Å². The van der Waals surface area contributed by atoms with Gasteiger partial charge in [-0.2, -0.15) is 0 Å². The molecule has 0 bridgehead atoms. The summed E-state index contributed by atoms with van der Waals surface area (Å²) in [5.41, 5.74) is 0. The van der Waals surface area contributed by atoms with E-state index in [2.05, 4.69) is 11.6 Å². The zero-order valence-corrected chi connectivity index (χ0v) is 4.50. The molecule has 0 fully saturated rings. The fourth-order valence-corrected chi connectivity index (χ4v) is 0.453. The van der Waals surface area contributed by atoms with E-state index >= 15 is 0 Å². The van der Waals surface area contributed by atoms with Crippen LogP contribution in [0.15, 0.2) is 30.0 Å². The Morgan fingerprint density at radius 2 is 2.75 bits per heavy atom. The van der Waals surface area contributed by atoms with Crippen LogP contribution in [-0.4, -0.2) is 12.4 Å². The van der Waals surface area contributed by atoms with Crippen molar-refractivity contribution in [3.8, 4) is 0 Å². The van der Waals surface area contributed by atoms with Crippen LogP contribution >= 0.6 is 0 Å². The third-order valence-electron chi connectivity index (χ3n) is 0.812. The average molecular weight is 109 g/mol. The molecule has 0 saturated carbocycles. The number of aliphatic imine (C=N–C) groups is 1. The SMILES string of the molecule is C=CC1=NCC=CO1. The molecule has 8 heavy (non-hydrogen) atoms. The second-order valence-electron chi connectivity index (χ2n) is 1.37. The van der Waals surface area contributed by atoms with Crippen molar-refractivity contribution >= 4 is 5.90 Å². The molecule has 0 aromatic heterocycles. The normalized spacial score (nSPS) is 16.8. The molecule has 0 saturated heterocycles. The minimum Gasteiger partial charge on any atom is -0.447 e. The summed E-state index contributed by atoms with van der Waals surface area (Å²) in [4.78, 5) is 3.94. The van der Waals surface area contributed by atoms with E-state index in [0.29, 0.717) is 12.4 Å². The highest BCUT2D eigenvalue weighted by molar-refractivity contribution is 5.87. The van der Waals surface area contributed by atoms with Crippen LogP contribution in [0.3, 0.4) is 0 Å². The summed E-state index contributed by atoms with van der Waals surface area (Å²) >= 11 is 0. The van der Waals surface area contributed by atoms with E-state index in [1.54, 1.807) is 12.3 Å². The summed E-state index contributed by atoms with van der Waals surface area (Å²) in [7, 11) is 0. The monoisotopic (exact) mass is 109 g/mol. The molecule has 1 rings (SSSR count). The van der Waals surface area contributed by atoms with Gasteiger partial charge in [-0.05, 0) is 12.2 Å². The first-order chi connectivity index (χ1) is 3.93. The van der Waals surface area contributed by atoms with Crippen LogP contribution in [0.4, 0.5) is 0 Å². The Bertz CT molecular complexity index is 147. The Morgan fingerprint density at radius 1 is 1.88 bits per heavy atom.